The van der Waals surface area contributed by atoms with E-state index in [1.54, 1.807) is 6.07 Å². The maximum Gasteiger partial charge on any atom is 0.251 e. The van der Waals surface area contributed by atoms with Gasteiger partial charge in [0, 0.05) is 18.3 Å². The Hall–Kier alpha value is -2.07. The molecule has 0 atom stereocenters. The Morgan fingerprint density at radius 1 is 1.25 bits per heavy atom. The lowest BCUT2D eigenvalue weighted by molar-refractivity contribution is 0.0951. The third-order valence-corrected chi connectivity index (χ3v) is 2.81. The lowest BCUT2D eigenvalue weighted by atomic mass is 10.2. The van der Waals surface area contributed by atoms with Crippen molar-refractivity contribution < 1.29 is 9.53 Å². The fourth-order valence-corrected chi connectivity index (χ4v) is 1.80. The molecule has 5 heteroatoms. The molecule has 0 radical (unpaired) electrons. The SMILES string of the molecule is O=C(NCCCOc1ccccc1)c1ccnc(Cl)c1. The summed E-state index contributed by atoms with van der Waals surface area (Å²) in [6.45, 7) is 1.10. The van der Waals surface area contributed by atoms with E-state index in [2.05, 4.69) is 10.3 Å². The fraction of sp³-hybridized carbons (Fsp3) is 0.200. The third-order valence-electron chi connectivity index (χ3n) is 2.61. The van der Waals surface area contributed by atoms with E-state index >= 15 is 0 Å². The molecule has 1 aromatic carbocycles. The highest BCUT2D eigenvalue weighted by Crippen LogP contribution is 2.08. The van der Waals surface area contributed by atoms with Gasteiger partial charge in [-0.2, -0.15) is 0 Å². The summed E-state index contributed by atoms with van der Waals surface area (Å²) in [4.78, 5) is 15.6. The molecular formula is C15H15ClN2O2. The van der Waals surface area contributed by atoms with Crippen LogP contribution in [0.25, 0.3) is 0 Å². The van der Waals surface area contributed by atoms with Crippen molar-refractivity contribution in [2.45, 2.75) is 6.42 Å². The first-order valence-electron chi connectivity index (χ1n) is 6.33. The van der Waals surface area contributed by atoms with Crippen LogP contribution in [0.3, 0.4) is 0 Å². The molecule has 0 aliphatic heterocycles. The molecule has 4 nitrogen and oxygen atoms in total. The number of amides is 1. The monoisotopic (exact) mass is 290 g/mol. The summed E-state index contributed by atoms with van der Waals surface area (Å²) in [5, 5.41) is 3.12. The molecular weight excluding hydrogens is 276 g/mol. The van der Waals surface area contributed by atoms with Crippen molar-refractivity contribution in [1.82, 2.24) is 10.3 Å². The van der Waals surface area contributed by atoms with E-state index in [-0.39, 0.29) is 5.91 Å². The number of carbonyl (C=O) groups is 1. The summed E-state index contributed by atoms with van der Waals surface area (Å²) in [6.07, 6.45) is 2.25. The Bertz CT molecular complexity index is 561. The van der Waals surface area contributed by atoms with Crippen molar-refractivity contribution in [3.8, 4) is 5.75 Å². The summed E-state index contributed by atoms with van der Waals surface area (Å²) in [5.74, 6) is 0.675. The largest absolute Gasteiger partial charge is 0.494 e. The smallest absolute Gasteiger partial charge is 0.251 e. The first kappa shape index (κ1) is 14.3. The van der Waals surface area contributed by atoms with Crippen LogP contribution in [-0.4, -0.2) is 24.0 Å². The molecule has 0 unspecified atom stereocenters. The molecule has 0 bridgehead atoms. The number of para-hydroxylation sites is 1. The van der Waals surface area contributed by atoms with Gasteiger partial charge in [0.25, 0.3) is 5.91 Å². The summed E-state index contributed by atoms with van der Waals surface area (Å²) in [6, 6.07) is 12.7. The van der Waals surface area contributed by atoms with E-state index in [1.165, 1.54) is 12.3 Å². The molecule has 1 aromatic heterocycles. The number of pyridine rings is 1. The van der Waals surface area contributed by atoms with Crippen molar-refractivity contribution in [3.63, 3.8) is 0 Å². The molecule has 1 amide bonds. The number of carbonyl (C=O) groups excluding carboxylic acids is 1. The Balaban J connectivity index is 1.67. The van der Waals surface area contributed by atoms with Gasteiger partial charge in [-0.05, 0) is 30.7 Å². The number of hydrogen-bond acceptors (Lipinski definition) is 3. The van der Waals surface area contributed by atoms with Crippen molar-refractivity contribution in [3.05, 3.63) is 59.4 Å². The third kappa shape index (κ3) is 4.55. The average molecular weight is 291 g/mol. The predicted octanol–water partition coefficient (Wildman–Crippen LogP) is 2.93. The van der Waals surface area contributed by atoms with E-state index in [0.717, 1.165) is 12.2 Å². The van der Waals surface area contributed by atoms with E-state index < -0.39 is 0 Å². The molecule has 2 rings (SSSR count). The molecule has 0 aliphatic carbocycles. The Morgan fingerprint density at radius 2 is 2.05 bits per heavy atom. The Labute approximate surface area is 122 Å². The van der Waals surface area contributed by atoms with E-state index in [1.807, 2.05) is 30.3 Å². The van der Waals surface area contributed by atoms with Crippen LogP contribution in [-0.2, 0) is 0 Å². The Morgan fingerprint density at radius 3 is 2.80 bits per heavy atom. The first-order chi connectivity index (χ1) is 9.75. The highest BCUT2D eigenvalue weighted by atomic mass is 35.5. The van der Waals surface area contributed by atoms with Crippen molar-refractivity contribution in [2.75, 3.05) is 13.2 Å². The second kappa shape index (κ2) is 7.50. The predicted molar refractivity (Wildman–Crippen MR) is 78.1 cm³/mol. The van der Waals surface area contributed by atoms with Gasteiger partial charge >= 0.3 is 0 Å². The van der Waals surface area contributed by atoms with E-state index in [4.69, 9.17) is 16.3 Å². The highest BCUT2D eigenvalue weighted by molar-refractivity contribution is 6.29. The van der Waals surface area contributed by atoms with Crippen LogP contribution in [0.15, 0.2) is 48.7 Å². The van der Waals surface area contributed by atoms with Gasteiger partial charge in [-0.25, -0.2) is 4.98 Å². The molecule has 1 heterocycles. The molecule has 2 aromatic rings. The quantitative estimate of drug-likeness (QED) is 0.657. The van der Waals surface area contributed by atoms with Crippen molar-refractivity contribution >= 4 is 17.5 Å². The van der Waals surface area contributed by atoms with Crippen molar-refractivity contribution in [1.29, 1.82) is 0 Å². The maximum absolute atomic E-state index is 11.8. The molecule has 0 saturated heterocycles. The number of hydrogen-bond donors (Lipinski definition) is 1. The summed E-state index contributed by atoms with van der Waals surface area (Å²) < 4.78 is 5.53. The number of nitrogens with zero attached hydrogens (tertiary/aromatic N) is 1. The van der Waals surface area contributed by atoms with Crippen molar-refractivity contribution in [2.24, 2.45) is 0 Å². The van der Waals surface area contributed by atoms with Gasteiger partial charge < -0.3 is 10.1 Å². The minimum Gasteiger partial charge on any atom is -0.494 e. The Kier molecular flexibility index (Phi) is 5.38. The lowest BCUT2D eigenvalue weighted by Crippen LogP contribution is -2.25. The number of rotatable bonds is 6. The second-order valence-electron chi connectivity index (χ2n) is 4.14. The van der Waals surface area contributed by atoms with Crippen LogP contribution in [0.1, 0.15) is 16.8 Å². The topological polar surface area (TPSA) is 51.2 Å². The zero-order chi connectivity index (χ0) is 14.2. The molecule has 0 fully saturated rings. The lowest BCUT2D eigenvalue weighted by Gasteiger charge is -2.07. The van der Waals surface area contributed by atoms with Crippen LogP contribution < -0.4 is 10.1 Å². The summed E-state index contributed by atoms with van der Waals surface area (Å²) >= 11 is 5.73. The van der Waals surface area contributed by atoms with Gasteiger partial charge in [-0.15, -0.1) is 0 Å². The zero-order valence-corrected chi connectivity index (χ0v) is 11.6. The van der Waals surface area contributed by atoms with Gasteiger partial charge in [-0.3, -0.25) is 4.79 Å². The molecule has 0 spiro atoms. The molecule has 20 heavy (non-hydrogen) atoms. The molecule has 0 aliphatic rings. The standard InChI is InChI=1S/C15H15ClN2O2/c16-14-11-12(7-9-17-14)15(19)18-8-4-10-20-13-5-2-1-3-6-13/h1-3,5-7,9,11H,4,8,10H2,(H,18,19). The van der Waals surface area contributed by atoms with Gasteiger partial charge in [0.05, 0.1) is 6.61 Å². The maximum atomic E-state index is 11.8. The minimum absolute atomic E-state index is 0.158. The zero-order valence-electron chi connectivity index (χ0n) is 10.9. The number of aromatic nitrogens is 1. The number of benzene rings is 1. The van der Waals surface area contributed by atoms with E-state index in [0.29, 0.717) is 23.9 Å². The number of ether oxygens (including phenoxy) is 1. The minimum atomic E-state index is -0.158. The normalized spacial score (nSPS) is 10.1. The van der Waals surface area contributed by atoms with Crippen LogP contribution in [0, 0.1) is 0 Å². The van der Waals surface area contributed by atoms with Crippen LogP contribution in [0.5, 0.6) is 5.75 Å². The second-order valence-corrected chi connectivity index (χ2v) is 4.53. The van der Waals surface area contributed by atoms with Gasteiger partial charge in [0.1, 0.15) is 10.9 Å². The average Bonchev–Trinajstić information content (AvgIpc) is 2.48. The molecule has 1 N–H and O–H groups in total. The van der Waals surface area contributed by atoms with Crippen LogP contribution >= 0.6 is 11.6 Å². The van der Waals surface area contributed by atoms with Crippen LogP contribution in [0.2, 0.25) is 5.15 Å². The number of halogens is 1. The summed E-state index contributed by atoms with van der Waals surface area (Å²) in [5.41, 5.74) is 0.508. The van der Waals surface area contributed by atoms with Crippen LogP contribution in [0.4, 0.5) is 0 Å². The van der Waals surface area contributed by atoms with Gasteiger partial charge in [0.15, 0.2) is 0 Å². The highest BCUT2D eigenvalue weighted by Gasteiger charge is 2.05. The molecule has 104 valence electrons. The van der Waals surface area contributed by atoms with Gasteiger partial charge in [-0.1, -0.05) is 29.8 Å². The summed E-state index contributed by atoms with van der Waals surface area (Å²) in [7, 11) is 0. The van der Waals surface area contributed by atoms with Gasteiger partial charge in [0.2, 0.25) is 0 Å². The number of nitrogens with one attached hydrogen (secondary N) is 1. The fourth-order valence-electron chi connectivity index (χ4n) is 1.63. The molecule has 0 saturated carbocycles. The van der Waals surface area contributed by atoms with E-state index in [9.17, 15) is 4.79 Å². The first-order valence-corrected chi connectivity index (χ1v) is 6.71.